The molecule has 40 heavy (non-hydrogen) atoms. The third-order valence-electron chi connectivity index (χ3n) is 5.77. The largest absolute Gasteiger partial charge is 0.368 e. The number of rotatable bonds is 12. The fourth-order valence-corrected chi connectivity index (χ4v) is 3.71. The van der Waals surface area contributed by atoms with Crippen molar-refractivity contribution in [1.82, 2.24) is 10.6 Å². The Hall–Kier alpha value is -4.05. The molecule has 0 spiro atoms. The van der Waals surface area contributed by atoms with Gasteiger partial charge < -0.3 is 33.6 Å². The van der Waals surface area contributed by atoms with Gasteiger partial charge in [-0.3, -0.25) is 14.4 Å². The van der Waals surface area contributed by atoms with Crippen LogP contribution in [0.2, 0.25) is 0 Å². The highest BCUT2D eigenvalue weighted by molar-refractivity contribution is 5.85. The second-order valence-electron chi connectivity index (χ2n) is 9.22. The van der Waals surface area contributed by atoms with Crippen molar-refractivity contribution in [2.75, 3.05) is 13.1 Å². The molecule has 9 heteroatoms. The van der Waals surface area contributed by atoms with Crippen LogP contribution >= 0.6 is 0 Å². The van der Waals surface area contributed by atoms with Gasteiger partial charge in [-0.15, -0.1) is 0 Å². The van der Waals surface area contributed by atoms with E-state index in [1.807, 2.05) is 66.7 Å². The molecule has 0 fully saturated rings. The smallest absolute Gasteiger partial charge is 0.240 e. The molecule has 0 saturated heterocycles. The van der Waals surface area contributed by atoms with Crippen molar-refractivity contribution < 1.29 is 14.4 Å². The summed E-state index contributed by atoms with van der Waals surface area (Å²) in [5.74, 6) is -1.23. The van der Waals surface area contributed by atoms with Crippen LogP contribution in [0.3, 0.4) is 0 Å². The van der Waals surface area contributed by atoms with Crippen molar-refractivity contribution in [2.24, 2.45) is 22.9 Å². The third kappa shape index (κ3) is 15.4. The first kappa shape index (κ1) is 34.0. The fraction of sp³-hybridized carbons (Fsp3) is 0.323. The molecule has 3 atom stereocenters. The lowest BCUT2D eigenvalue weighted by molar-refractivity contribution is -0.126. The Morgan fingerprint density at radius 3 is 1.48 bits per heavy atom. The molecule has 3 rings (SSSR count). The zero-order valence-corrected chi connectivity index (χ0v) is 23.5. The SMILES string of the molecule is CC(=O)N[C@@H](Cc1ccccc1)C(N)=O.CCN[C@H](CN)Cc1ccccc1.NC(=O)[C@@H](N)Cc1ccccc1. The lowest BCUT2D eigenvalue weighted by Gasteiger charge is -2.15. The maximum absolute atomic E-state index is 11.0. The Kier molecular flexibility index (Phi) is 16.9. The maximum atomic E-state index is 11.0. The Morgan fingerprint density at radius 2 is 1.12 bits per heavy atom. The fourth-order valence-electron chi connectivity index (χ4n) is 3.71. The van der Waals surface area contributed by atoms with E-state index in [0.29, 0.717) is 25.4 Å². The van der Waals surface area contributed by atoms with Crippen LogP contribution in [0.5, 0.6) is 0 Å². The van der Waals surface area contributed by atoms with E-state index in [1.54, 1.807) is 0 Å². The van der Waals surface area contributed by atoms with Crippen LogP contribution in [0.25, 0.3) is 0 Å². The summed E-state index contributed by atoms with van der Waals surface area (Å²) in [6, 6.07) is 28.6. The van der Waals surface area contributed by atoms with Crippen LogP contribution in [0.4, 0.5) is 0 Å². The van der Waals surface area contributed by atoms with Crippen LogP contribution in [-0.4, -0.2) is 48.9 Å². The minimum atomic E-state index is -0.634. The van der Waals surface area contributed by atoms with Crippen LogP contribution in [0.1, 0.15) is 30.5 Å². The predicted molar refractivity (Wildman–Crippen MR) is 161 cm³/mol. The zero-order chi connectivity index (χ0) is 29.8. The maximum Gasteiger partial charge on any atom is 0.240 e. The summed E-state index contributed by atoms with van der Waals surface area (Å²) in [7, 11) is 0. The van der Waals surface area contributed by atoms with Crippen molar-refractivity contribution in [1.29, 1.82) is 0 Å². The molecule has 3 amide bonds. The van der Waals surface area contributed by atoms with Gasteiger partial charge in [-0.05, 0) is 36.1 Å². The molecule has 10 N–H and O–H groups in total. The van der Waals surface area contributed by atoms with Crippen molar-refractivity contribution >= 4 is 17.7 Å². The van der Waals surface area contributed by atoms with Crippen LogP contribution < -0.4 is 33.6 Å². The van der Waals surface area contributed by atoms with Crippen LogP contribution in [0.15, 0.2) is 91.0 Å². The van der Waals surface area contributed by atoms with E-state index in [-0.39, 0.29) is 5.91 Å². The van der Waals surface area contributed by atoms with Crippen molar-refractivity contribution in [3.05, 3.63) is 108 Å². The number of hydrogen-bond donors (Lipinski definition) is 6. The highest BCUT2D eigenvalue weighted by atomic mass is 16.2. The lowest BCUT2D eigenvalue weighted by atomic mass is 10.1. The number of benzene rings is 3. The average molecular weight is 549 g/mol. The summed E-state index contributed by atoms with van der Waals surface area (Å²) in [6.07, 6.45) is 1.96. The zero-order valence-electron chi connectivity index (χ0n) is 23.5. The van der Waals surface area contributed by atoms with Gasteiger partial charge in [0, 0.05) is 25.9 Å². The summed E-state index contributed by atoms with van der Waals surface area (Å²) < 4.78 is 0. The van der Waals surface area contributed by atoms with Gasteiger partial charge in [0.25, 0.3) is 0 Å². The van der Waals surface area contributed by atoms with Crippen LogP contribution in [-0.2, 0) is 33.6 Å². The number of primary amides is 2. The van der Waals surface area contributed by atoms with E-state index in [4.69, 9.17) is 22.9 Å². The Labute approximate surface area is 237 Å². The molecule has 9 nitrogen and oxygen atoms in total. The first-order valence-electron chi connectivity index (χ1n) is 13.3. The highest BCUT2D eigenvalue weighted by Crippen LogP contribution is 2.04. The number of carbonyl (C=O) groups is 3. The van der Waals surface area contributed by atoms with Crippen molar-refractivity contribution in [2.45, 2.75) is 51.2 Å². The van der Waals surface area contributed by atoms with Gasteiger partial charge in [0.15, 0.2) is 0 Å². The standard InChI is InChI=1S/C11H14N2O2.C11H18N2.C9H12N2O/c1-8(14)13-10(11(12)15)7-9-5-3-2-4-6-9;1-2-13-11(9-12)8-10-6-4-3-5-7-10;10-8(9(11)12)6-7-4-2-1-3-5-7/h2-6,10H,7H2,1H3,(H2,12,15)(H,13,14);3-7,11,13H,2,8-9,12H2,1H3;1-5,8H,6,10H2,(H2,11,12)/t10-;11-;8-/m000/s1. The molecule has 216 valence electrons. The molecule has 3 aromatic rings. The molecule has 0 unspecified atom stereocenters. The first-order chi connectivity index (χ1) is 19.2. The first-order valence-corrected chi connectivity index (χ1v) is 13.3. The number of nitrogens with two attached hydrogens (primary N) is 4. The van der Waals surface area contributed by atoms with Gasteiger partial charge >= 0.3 is 0 Å². The minimum absolute atomic E-state index is 0.255. The molecule has 0 bridgehead atoms. The van der Waals surface area contributed by atoms with Gasteiger partial charge in [-0.2, -0.15) is 0 Å². The normalized spacial score (nSPS) is 12.3. The van der Waals surface area contributed by atoms with Gasteiger partial charge in [0.05, 0.1) is 6.04 Å². The van der Waals surface area contributed by atoms with Gasteiger partial charge in [-0.1, -0.05) is 97.9 Å². The molecule has 0 aliphatic carbocycles. The van der Waals surface area contributed by atoms with E-state index < -0.39 is 23.9 Å². The van der Waals surface area contributed by atoms with Crippen molar-refractivity contribution in [3.63, 3.8) is 0 Å². The predicted octanol–water partition coefficient (Wildman–Crippen LogP) is 1.43. The Bertz CT molecular complexity index is 1110. The molecule has 0 heterocycles. The second-order valence-corrected chi connectivity index (χ2v) is 9.22. The highest BCUT2D eigenvalue weighted by Gasteiger charge is 2.16. The summed E-state index contributed by atoms with van der Waals surface area (Å²) in [4.78, 5) is 32.5. The number of likely N-dealkylation sites (N-methyl/N-ethyl adjacent to an activating group) is 1. The van der Waals surface area contributed by atoms with Gasteiger partial charge in [0.2, 0.25) is 17.7 Å². The minimum Gasteiger partial charge on any atom is -0.368 e. The average Bonchev–Trinajstić information content (AvgIpc) is 2.94. The molecule has 0 radical (unpaired) electrons. The summed E-state index contributed by atoms with van der Waals surface area (Å²) in [6.45, 7) is 5.14. The second kappa shape index (κ2) is 19.9. The summed E-state index contributed by atoms with van der Waals surface area (Å²) >= 11 is 0. The number of carbonyl (C=O) groups excluding carboxylic acids is 3. The topological polar surface area (TPSA) is 179 Å². The van der Waals surface area contributed by atoms with Gasteiger partial charge in [-0.25, -0.2) is 0 Å². The van der Waals surface area contributed by atoms with Crippen LogP contribution in [0, 0.1) is 0 Å². The quantitative estimate of drug-likeness (QED) is 0.199. The molecule has 3 aromatic carbocycles. The van der Waals surface area contributed by atoms with Gasteiger partial charge in [0.1, 0.15) is 6.04 Å². The number of hydrogen-bond acceptors (Lipinski definition) is 6. The molecule has 0 aromatic heterocycles. The molecule has 0 saturated carbocycles. The van der Waals surface area contributed by atoms with Crippen molar-refractivity contribution in [3.8, 4) is 0 Å². The Balaban J connectivity index is 0.000000302. The molecular weight excluding hydrogens is 504 g/mol. The molecule has 0 aliphatic rings. The monoisotopic (exact) mass is 548 g/mol. The summed E-state index contributed by atoms with van der Waals surface area (Å²) in [5, 5.41) is 5.87. The Morgan fingerprint density at radius 1 is 0.700 bits per heavy atom. The van der Waals surface area contributed by atoms with E-state index in [9.17, 15) is 14.4 Å². The van der Waals surface area contributed by atoms with E-state index >= 15 is 0 Å². The van der Waals surface area contributed by atoms with E-state index in [2.05, 4.69) is 41.8 Å². The molecule has 0 aliphatic heterocycles. The lowest BCUT2D eigenvalue weighted by Crippen LogP contribution is -2.44. The van der Waals surface area contributed by atoms with E-state index in [0.717, 1.165) is 24.1 Å². The molecular formula is C31H44N6O3. The van der Waals surface area contributed by atoms with E-state index in [1.165, 1.54) is 12.5 Å². The number of amides is 3. The number of nitrogens with one attached hydrogen (secondary N) is 2. The summed E-state index contributed by atoms with van der Waals surface area (Å²) in [5.41, 5.74) is 24.7. The third-order valence-corrected chi connectivity index (χ3v) is 5.77.